The number of benzene rings is 7. The van der Waals surface area contributed by atoms with Crippen molar-refractivity contribution in [3.05, 3.63) is 198 Å². The van der Waals surface area contributed by atoms with Gasteiger partial charge in [0.1, 0.15) is 17.0 Å². The molecule has 0 fully saturated rings. The van der Waals surface area contributed by atoms with Gasteiger partial charge in [-0.3, -0.25) is 4.57 Å². The lowest BCUT2D eigenvalue weighted by atomic mass is 9.68. The maximum atomic E-state index is 6.74. The van der Waals surface area contributed by atoms with Crippen LogP contribution < -0.4 is 0 Å². The highest BCUT2D eigenvalue weighted by Gasteiger charge is 2.53. The Kier molecular flexibility index (Phi) is 5.82. The summed E-state index contributed by atoms with van der Waals surface area (Å²) in [4.78, 5) is 5.08. The predicted molar refractivity (Wildman–Crippen MR) is 216 cm³/mol. The zero-order chi connectivity index (χ0) is 34.7. The van der Waals surface area contributed by atoms with Crippen molar-refractivity contribution in [2.75, 3.05) is 0 Å². The second-order valence-electron chi connectivity index (χ2n) is 14.5. The molecule has 3 nitrogen and oxygen atoms in total. The SMILES string of the molecule is C1=CC2=C(CC1)C1(c3ccccc3-c3c1ccc1c3oc3ccccc31)c1cccc(-c3ccc(-n4c(-c5ccccc5)nc5ccccc54)cc3)c12. The van der Waals surface area contributed by atoms with Crippen molar-refractivity contribution in [1.82, 2.24) is 9.55 Å². The lowest BCUT2D eigenvalue weighted by Crippen LogP contribution is -2.27. The van der Waals surface area contributed by atoms with E-state index in [0.717, 1.165) is 52.1 Å². The molecule has 7 aromatic carbocycles. The molecule has 3 aliphatic rings. The minimum atomic E-state index is -0.384. The predicted octanol–water partition coefficient (Wildman–Crippen LogP) is 12.7. The van der Waals surface area contributed by atoms with Crippen LogP contribution in [0.1, 0.15) is 35.1 Å². The topological polar surface area (TPSA) is 31.0 Å². The van der Waals surface area contributed by atoms with Gasteiger partial charge in [0.05, 0.1) is 16.4 Å². The van der Waals surface area contributed by atoms with E-state index in [0.29, 0.717) is 0 Å². The zero-order valence-electron chi connectivity index (χ0n) is 28.9. The second-order valence-corrected chi connectivity index (χ2v) is 14.5. The highest BCUT2D eigenvalue weighted by Crippen LogP contribution is 2.65. The lowest BCUT2D eigenvalue weighted by molar-refractivity contribution is 0.668. The van der Waals surface area contributed by atoms with Crippen molar-refractivity contribution in [2.24, 2.45) is 0 Å². The number of imidazole rings is 1. The van der Waals surface area contributed by atoms with Crippen molar-refractivity contribution in [2.45, 2.75) is 18.3 Å². The summed E-state index contributed by atoms with van der Waals surface area (Å²) < 4.78 is 9.03. The van der Waals surface area contributed by atoms with E-state index in [1.807, 2.05) is 0 Å². The summed E-state index contributed by atoms with van der Waals surface area (Å²) in [6.45, 7) is 0. The summed E-state index contributed by atoms with van der Waals surface area (Å²) in [5, 5.41) is 2.35. The number of nitrogens with zero attached hydrogens (tertiary/aromatic N) is 2. The van der Waals surface area contributed by atoms with Gasteiger partial charge in [-0.2, -0.15) is 0 Å². The Hall–Kier alpha value is -6.71. The van der Waals surface area contributed by atoms with Gasteiger partial charge in [-0.1, -0.05) is 140 Å². The molecule has 0 N–H and O–H groups in total. The zero-order valence-corrected chi connectivity index (χ0v) is 28.9. The van der Waals surface area contributed by atoms with Crippen LogP contribution in [0.15, 0.2) is 180 Å². The molecule has 9 aromatic rings. The van der Waals surface area contributed by atoms with Crippen molar-refractivity contribution in [3.63, 3.8) is 0 Å². The third-order valence-corrected chi connectivity index (χ3v) is 11.9. The third-order valence-electron chi connectivity index (χ3n) is 11.9. The van der Waals surface area contributed by atoms with Crippen LogP contribution in [0.2, 0.25) is 0 Å². The van der Waals surface area contributed by atoms with E-state index in [2.05, 4.69) is 174 Å². The quantitative estimate of drug-likeness (QED) is 0.186. The van der Waals surface area contributed by atoms with Crippen molar-refractivity contribution in [1.29, 1.82) is 0 Å². The number of hydrogen-bond acceptors (Lipinski definition) is 2. The Balaban J connectivity index is 1.08. The minimum absolute atomic E-state index is 0.384. The van der Waals surface area contributed by atoms with E-state index in [4.69, 9.17) is 9.40 Å². The number of rotatable bonds is 3. The largest absolute Gasteiger partial charge is 0.455 e. The Bertz CT molecular complexity index is 3050. The van der Waals surface area contributed by atoms with E-state index in [-0.39, 0.29) is 5.41 Å². The molecule has 0 amide bonds. The highest BCUT2D eigenvalue weighted by atomic mass is 16.3. The van der Waals surface area contributed by atoms with E-state index in [9.17, 15) is 0 Å². The first-order valence-corrected chi connectivity index (χ1v) is 18.5. The maximum absolute atomic E-state index is 6.74. The molecule has 2 aromatic heterocycles. The van der Waals surface area contributed by atoms with Crippen LogP contribution in [0.5, 0.6) is 0 Å². The number of para-hydroxylation sites is 3. The van der Waals surface area contributed by atoms with Crippen LogP contribution in [-0.2, 0) is 5.41 Å². The van der Waals surface area contributed by atoms with Gasteiger partial charge in [-0.05, 0) is 93.3 Å². The minimum Gasteiger partial charge on any atom is -0.455 e. The number of aromatic nitrogens is 2. The molecule has 0 saturated heterocycles. The molecule has 1 spiro atoms. The first-order chi connectivity index (χ1) is 26.3. The molecule has 1 unspecified atom stereocenters. The van der Waals surface area contributed by atoms with Gasteiger partial charge in [-0.15, -0.1) is 0 Å². The summed E-state index contributed by atoms with van der Waals surface area (Å²) in [5.74, 6) is 0.946. The highest BCUT2D eigenvalue weighted by molar-refractivity contribution is 6.13. The number of hydrogen-bond donors (Lipinski definition) is 0. The molecule has 2 heterocycles. The van der Waals surface area contributed by atoms with Gasteiger partial charge in [0.25, 0.3) is 0 Å². The van der Waals surface area contributed by atoms with Crippen LogP contribution >= 0.6 is 0 Å². The first-order valence-electron chi connectivity index (χ1n) is 18.5. The van der Waals surface area contributed by atoms with E-state index >= 15 is 0 Å². The van der Waals surface area contributed by atoms with E-state index < -0.39 is 0 Å². The van der Waals surface area contributed by atoms with Gasteiger partial charge in [0, 0.05) is 27.6 Å². The Morgan fingerprint density at radius 3 is 2.25 bits per heavy atom. The smallest absolute Gasteiger partial charge is 0.145 e. The Morgan fingerprint density at radius 1 is 0.566 bits per heavy atom. The molecule has 3 aliphatic carbocycles. The summed E-state index contributed by atoms with van der Waals surface area (Å²) in [6.07, 6.45) is 6.81. The van der Waals surface area contributed by atoms with E-state index in [1.54, 1.807) is 0 Å². The fraction of sp³-hybridized carbons (Fsp3) is 0.0600. The molecule has 0 radical (unpaired) electrons. The van der Waals surface area contributed by atoms with Crippen LogP contribution in [0.25, 0.3) is 77.9 Å². The molecule has 0 aliphatic heterocycles. The molecule has 0 bridgehead atoms. The monoisotopic (exact) mass is 676 g/mol. The van der Waals surface area contributed by atoms with Gasteiger partial charge < -0.3 is 4.42 Å². The number of allylic oxidation sites excluding steroid dienone is 4. The number of fused-ring (bicyclic) bond motifs is 14. The average molecular weight is 677 g/mol. The molecule has 0 saturated carbocycles. The van der Waals surface area contributed by atoms with Crippen molar-refractivity contribution < 1.29 is 4.42 Å². The van der Waals surface area contributed by atoms with Gasteiger partial charge in [0.15, 0.2) is 0 Å². The molecular weight excluding hydrogens is 645 g/mol. The molecule has 3 heteroatoms. The molecule has 248 valence electrons. The van der Waals surface area contributed by atoms with Gasteiger partial charge >= 0.3 is 0 Å². The lowest BCUT2D eigenvalue weighted by Gasteiger charge is -2.33. The van der Waals surface area contributed by atoms with E-state index in [1.165, 1.54) is 66.4 Å². The molecule has 53 heavy (non-hydrogen) atoms. The second kappa shape index (κ2) is 10.7. The standard InChI is InChI=1S/C50H32N2O/c1-2-13-32(14-3-1)49-51-43-22-9-10-23-44(43)52(49)33-27-25-31(26-28-33)34-18-12-21-41-46(34)37-16-4-7-19-39(37)50(41)40-20-8-5-17-38(40)47-42(50)30-29-36-35-15-6-11-24-45(35)53-48(36)47/h1-6,8-18,20-30H,7,19H2. The number of furan rings is 1. The maximum Gasteiger partial charge on any atom is 0.145 e. The van der Waals surface area contributed by atoms with Crippen LogP contribution in [0.4, 0.5) is 0 Å². The molecule has 12 rings (SSSR count). The molecule has 1 atom stereocenters. The first kappa shape index (κ1) is 28.9. The summed E-state index contributed by atoms with van der Waals surface area (Å²) in [6, 6.07) is 57.1. The normalized spacial score (nSPS) is 16.8. The third kappa shape index (κ3) is 3.76. The van der Waals surface area contributed by atoms with Crippen LogP contribution in [-0.4, -0.2) is 9.55 Å². The average Bonchev–Trinajstić information content (AvgIpc) is 3.96. The summed E-state index contributed by atoms with van der Waals surface area (Å²) in [5.41, 5.74) is 19.1. The van der Waals surface area contributed by atoms with Gasteiger partial charge in [0.2, 0.25) is 0 Å². The Labute approximate surface area is 306 Å². The van der Waals surface area contributed by atoms with Crippen molar-refractivity contribution in [3.8, 4) is 39.3 Å². The fourth-order valence-corrected chi connectivity index (χ4v) is 9.86. The van der Waals surface area contributed by atoms with Gasteiger partial charge in [-0.25, -0.2) is 4.98 Å². The molecular formula is C50H32N2O. The Morgan fingerprint density at radius 2 is 1.32 bits per heavy atom. The van der Waals surface area contributed by atoms with Crippen molar-refractivity contribution >= 4 is 38.5 Å². The fourth-order valence-electron chi connectivity index (χ4n) is 9.86. The summed E-state index contributed by atoms with van der Waals surface area (Å²) in [7, 11) is 0. The summed E-state index contributed by atoms with van der Waals surface area (Å²) >= 11 is 0. The van der Waals surface area contributed by atoms with Crippen LogP contribution in [0, 0.1) is 0 Å². The van der Waals surface area contributed by atoms with Crippen LogP contribution in [0.3, 0.4) is 0 Å².